The predicted octanol–water partition coefficient (Wildman–Crippen LogP) is 27.0. The lowest BCUT2D eigenvalue weighted by atomic mass is 9.65. The minimum atomic E-state index is -0.646. The fourth-order valence-electron chi connectivity index (χ4n) is 16.6. The van der Waals surface area contributed by atoms with E-state index in [0.717, 1.165) is 37.3 Å². The molecular weight excluding hydrogens is 1170 g/mol. The fourth-order valence-corrected chi connectivity index (χ4v) is 16.6. The SMILES string of the molecule is C/C=C(\C=C/CC(C)C)C1(c2ccc3c(c2)c2cc(C4(C5=CC=CC(C)(c6ccc7[nH]c8c(c7c6)C=CC(C)(C(C)CC)C=C8)C=C5)c5ccccc5-c5ccccc54)ccc2n3-c2ccc(C(C)(C)C)cc2)C2=C(CCC=C2)c2ccccc21.CC.CCCCCCC(C)CC. The number of H-pyrrole nitrogens is 1. The summed E-state index contributed by atoms with van der Waals surface area (Å²) >= 11 is 0. The maximum atomic E-state index is 3.79. The third-order valence-electron chi connectivity index (χ3n) is 22.8. The van der Waals surface area contributed by atoms with Crippen molar-refractivity contribution >= 4 is 50.4 Å². The van der Waals surface area contributed by atoms with Crippen molar-refractivity contribution in [1.82, 2.24) is 9.55 Å². The standard InChI is InChI=1S/C83H80N2.C10H22.C2H6/c1-11-55(5)80(9)49-45-67-68-51-59(36-41-75(68)84-76(67)46-50-80)81(10)47-22-25-58(44-48-81)83(73-32-19-15-28-65(73)66-29-16-20-33-74(66)83)61-38-43-78-70(53-61)69-52-60(37-42-77(69)85(78)62-39-34-57(35-40-62)79(6,7)8)82(56(12-2)24-21-23-54(3)4)71-30-17-13-26-63(71)64-27-14-18-31-72(64)82;1-4-6-7-8-9-10(3)5-2;1-2/h12-13,15-22,24-26,28-55,84H,11,14,23,27H2,1-10H3;10H,4-9H2,1-3H3;1-2H3/b24-21-,56-12+;;. The molecule has 2 heteroatoms. The van der Waals surface area contributed by atoms with Crippen molar-refractivity contribution in [2.45, 2.75) is 190 Å². The molecule has 0 aliphatic heterocycles. The van der Waals surface area contributed by atoms with Crippen LogP contribution in [0.2, 0.25) is 0 Å². The van der Waals surface area contributed by atoms with E-state index in [1.165, 1.54) is 160 Å². The Labute approximate surface area is 583 Å². The monoisotopic (exact) mass is 1280 g/mol. The molecule has 7 aromatic carbocycles. The molecule has 1 N–H and O–H groups in total. The van der Waals surface area contributed by atoms with Gasteiger partial charge in [-0.2, -0.15) is 0 Å². The second-order valence-corrected chi connectivity index (χ2v) is 30.4. The van der Waals surface area contributed by atoms with Crippen LogP contribution in [0, 0.1) is 23.2 Å². The van der Waals surface area contributed by atoms with Crippen LogP contribution in [-0.2, 0) is 21.7 Å². The van der Waals surface area contributed by atoms with Crippen LogP contribution in [0.4, 0.5) is 0 Å². The Morgan fingerprint density at radius 1 is 0.619 bits per heavy atom. The number of unbranched alkanes of at least 4 members (excludes halogenated alkanes) is 3. The molecule has 2 nitrogen and oxygen atoms in total. The molecule has 0 amide bonds. The van der Waals surface area contributed by atoms with E-state index in [9.17, 15) is 0 Å². The molecule has 5 atom stereocenters. The Hall–Kier alpha value is -8.46. The molecule has 0 fully saturated rings. The number of rotatable bonds is 17. The van der Waals surface area contributed by atoms with Crippen molar-refractivity contribution in [3.8, 4) is 16.8 Å². The van der Waals surface area contributed by atoms with Crippen LogP contribution in [0.1, 0.15) is 224 Å². The van der Waals surface area contributed by atoms with Gasteiger partial charge in [0.2, 0.25) is 0 Å². The molecular formula is C95H108N2. The molecule has 14 rings (SSSR count). The lowest BCUT2D eigenvalue weighted by Crippen LogP contribution is -2.30. The summed E-state index contributed by atoms with van der Waals surface area (Å²) < 4.78 is 2.53. The van der Waals surface area contributed by atoms with Crippen molar-refractivity contribution in [1.29, 1.82) is 0 Å². The summed E-state index contributed by atoms with van der Waals surface area (Å²) in [7, 11) is 0. The number of nitrogens with one attached hydrogen (secondary N) is 1. The molecule has 5 aliphatic rings. The van der Waals surface area contributed by atoms with Crippen LogP contribution < -0.4 is 0 Å². The fraction of sp³-hybridized carbons (Fsp3) is 0.347. The molecule has 2 aromatic heterocycles. The molecule has 2 heterocycles. The van der Waals surface area contributed by atoms with E-state index in [-0.39, 0.29) is 10.8 Å². The van der Waals surface area contributed by atoms with E-state index in [1.807, 2.05) is 13.8 Å². The van der Waals surface area contributed by atoms with E-state index < -0.39 is 16.2 Å². The molecule has 0 radical (unpaired) electrons. The third kappa shape index (κ3) is 12.2. The molecule has 0 saturated carbocycles. The van der Waals surface area contributed by atoms with Crippen molar-refractivity contribution < 1.29 is 0 Å². The highest BCUT2D eigenvalue weighted by molar-refractivity contribution is 6.11. The lowest BCUT2D eigenvalue weighted by Gasteiger charge is -2.36. The quantitative estimate of drug-likeness (QED) is 0.0693. The Morgan fingerprint density at radius 2 is 1.25 bits per heavy atom. The Morgan fingerprint density at radius 3 is 1.90 bits per heavy atom. The van der Waals surface area contributed by atoms with Crippen molar-refractivity contribution in [2.24, 2.45) is 23.2 Å². The van der Waals surface area contributed by atoms with Gasteiger partial charge in [-0.3, -0.25) is 0 Å². The maximum absolute atomic E-state index is 3.79. The Kier molecular flexibility index (Phi) is 19.9. The number of aromatic nitrogens is 2. The zero-order valence-corrected chi connectivity index (χ0v) is 61.3. The van der Waals surface area contributed by atoms with Crippen molar-refractivity contribution in [2.75, 3.05) is 0 Å². The van der Waals surface area contributed by atoms with E-state index in [2.05, 4.69) is 336 Å². The van der Waals surface area contributed by atoms with Gasteiger partial charge in [-0.15, -0.1) is 0 Å². The average molecular weight is 1280 g/mol. The van der Waals surface area contributed by atoms with Gasteiger partial charge in [-0.05, 0) is 189 Å². The first-order chi connectivity index (χ1) is 46.9. The number of benzene rings is 7. The number of allylic oxidation sites excluding steroid dienone is 16. The summed E-state index contributed by atoms with van der Waals surface area (Å²) in [5.74, 6) is 2.05. The topological polar surface area (TPSA) is 20.7 Å². The number of fused-ring (bicyclic) bond motifs is 11. The van der Waals surface area contributed by atoms with Gasteiger partial charge in [-0.25, -0.2) is 0 Å². The highest BCUT2D eigenvalue weighted by Crippen LogP contribution is 2.60. The number of aromatic amines is 1. The van der Waals surface area contributed by atoms with Gasteiger partial charge < -0.3 is 9.55 Å². The van der Waals surface area contributed by atoms with E-state index in [4.69, 9.17) is 0 Å². The lowest BCUT2D eigenvalue weighted by molar-refractivity contribution is 0.346. The molecule has 5 aliphatic carbocycles. The highest BCUT2D eigenvalue weighted by atomic mass is 15.0. The minimum absolute atomic E-state index is 0.00337. The van der Waals surface area contributed by atoms with Gasteiger partial charge in [-0.1, -0.05) is 317 Å². The number of hydrogen-bond acceptors (Lipinski definition) is 0. The molecule has 0 saturated heterocycles. The second-order valence-electron chi connectivity index (χ2n) is 30.4. The molecule has 0 bridgehead atoms. The average Bonchev–Trinajstić information content (AvgIpc) is 1.55. The number of nitrogens with zero attached hydrogens (tertiary/aromatic N) is 1. The molecule has 9 aromatic rings. The Balaban J connectivity index is 0.000000688. The van der Waals surface area contributed by atoms with Crippen molar-refractivity contribution in [3.63, 3.8) is 0 Å². The van der Waals surface area contributed by atoms with Crippen LogP contribution >= 0.6 is 0 Å². The first kappa shape index (κ1) is 68.5. The van der Waals surface area contributed by atoms with Crippen LogP contribution in [0.25, 0.3) is 67.2 Å². The van der Waals surface area contributed by atoms with Crippen LogP contribution in [-0.4, -0.2) is 9.55 Å². The summed E-state index contributed by atoms with van der Waals surface area (Å²) in [6.45, 7) is 34.1. The zero-order chi connectivity index (χ0) is 68.4. The summed E-state index contributed by atoms with van der Waals surface area (Å²) in [6.07, 6.45) is 46.5. The van der Waals surface area contributed by atoms with Gasteiger partial charge in [0.05, 0.1) is 21.9 Å². The summed E-state index contributed by atoms with van der Waals surface area (Å²) in [6, 6.07) is 59.1. The Bertz CT molecular complexity index is 4620. The normalized spacial score (nSPS) is 20.4. The second kappa shape index (κ2) is 28.2. The van der Waals surface area contributed by atoms with Gasteiger partial charge >= 0.3 is 0 Å². The first-order valence-electron chi connectivity index (χ1n) is 37.3. The third-order valence-corrected chi connectivity index (χ3v) is 22.8. The van der Waals surface area contributed by atoms with Crippen molar-refractivity contribution in [3.05, 3.63) is 297 Å². The van der Waals surface area contributed by atoms with E-state index in [0.29, 0.717) is 11.8 Å². The first-order valence-corrected chi connectivity index (χ1v) is 37.3. The van der Waals surface area contributed by atoms with Crippen LogP contribution in [0.3, 0.4) is 0 Å². The van der Waals surface area contributed by atoms with E-state index in [1.54, 1.807) is 0 Å². The molecule has 5 unspecified atom stereocenters. The minimum Gasteiger partial charge on any atom is -0.355 e. The largest absolute Gasteiger partial charge is 0.355 e. The van der Waals surface area contributed by atoms with Gasteiger partial charge in [0.25, 0.3) is 0 Å². The van der Waals surface area contributed by atoms with Gasteiger partial charge in [0.1, 0.15) is 0 Å². The molecule has 498 valence electrons. The maximum Gasteiger partial charge on any atom is 0.0713 e. The van der Waals surface area contributed by atoms with Crippen LogP contribution in [0.15, 0.2) is 241 Å². The summed E-state index contributed by atoms with van der Waals surface area (Å²) in [4.78, 5) is 3.79. The zero-order valence-electron chi connectivity index (χ0n) is 61.3. The number of hydrogen-bond donors (Lipinski definition) is 1. The summed E-state index contributed by atoms with van der Waals surface area (Å²) in [5, 5.41) is 3.76. The van der Waals surface area contributed by atoms with Gasteiger partial charge in [0.15, 0.2) is 0 Å². The van der Waals surface area contributed by atoms with Gasteiger partial charge in [0, 0.05) is 49.5 Å². The smallest absolute Gasteiger partial charge is 0.0713 e. The molecule has 97 heavy (non-hydrogen) atoms. The van der Waals surface area contributed by atoms with Crippen LogP contribution in [0.5, 0.6) is 0 Å². The van der Waals surface area contributed by atoms with E-state index >= 15 is 0 Å². The molecule has 0 spiro atoms. The highest BCUT2D eigenvalue weighted by Gasteiger charge is 2.49. The summed E-state index contributed by atoms with van der Waals surface area (Å²) in [5.41, 5.74) is 24.2. The predicted molar refractivity (Wildman–Crippen MR) is 423 cm³/mol.